The molecule has 0 atom stereocenters. The molecule has 3 heterocycles. The molecule has 0 saturated carbocycles. The Morgan fingerprint density at radius 2 is 1.93 bits per heavy atom. The molecule has 1 aromatic heterocycles. The number of carbonyl (C=O) groups excluding carboxylic acids is 1. The summed E-state index contributed by atoms with van der Waals surface area (Å²) in [5.74, 6) is 0.215. The van der Waals surface area contributed by atoms with Gasteiger partial charge in [0.1, 0.15) is 5.01 Å². The lowest BCUT2D eigenvalue weighted by atomic mass is 10.1. The first kappa shape index (κ1) is 18.6. The van der Waals surface area contributed by atoms with Crippen LogP contribution in [0.15, 0.2) is 29.6 Å². The van der Waals surface area contributed by atoms with Gasteiger partial charge in [0, 0.05) is 43.7 Å². The number of aromatic nitrogens is 1. The number of amides is 1. The number of piperidine rings is 1. The molecule has 0 N–H and O–H groups in total. The number of hydrogen-bond acceptors (Lipinski definition) is 5. The van der Waals surface area contributed by atoms with Crippen LogP contribution in [0.5, 0.6) is 0 Å². The van der Waals surface area contributed by atoms with E-state index in [2.05, 4.69) is 29.2 Å². The van der Waals surface area contributed by atoms with E-state index in [1.807, 2.05) is 10.3 Å². The maximum atomic E-state index is 12.5. The summed E-state index contributed by atoms with van der Waals surface area (Å²) >= 11 is 1.63. The third-order valence-corrected chi connectivity index (χ3v) is 6.22. The molecule has 0 spiro atoms. The van der Waals surface area contributed by atoms with Gasteiger partial charge in [-0.25, -0.2) is 4.98 Å². The highest BCUT2D eigenvalue weighted by Gasteiger charge is 2.18. The summed E-state index contributed by atoms with van der Waals surface area (Å²) in [5, 5.41) is 3.03. The Balaban J connectivity index is 1.40. The average molecular weight is 386 g/mol. The third kappa shape index (κ3) is 4.94. The Morgan fingerprint density at radius 1 is 1.11 bits per heavy atom. The van der Waals surface area contributed by atoms with Gasteiger partial charge in [-0.2, -0.15) is 0 Å². The van der Waals surface area contributed by atoms with Crippen molar-refractivity contribution in [2.24, 2.45) is 0 Å². The molecule has 2 aliphatic rings. The van der Waals surface area contributed by atoms with Crippen LogP contribution in [0.3, 0.4) is 0 Å². The SMILES string of the molecule is O=C(Cc1csc(-c2cccc(CN3CCOCC3)c2)n1)N1CCCCC1. The van der Waals surface area contributed by atoms with Crippen LogP contribution in [0.25, 0.3) is 10.6 Å². The second-order valence-electron chi connectivity index (χ2n) is 7.35. The van der Waals surface area contributed by atoms with Crippen LogP contribution >= 0.6 is 11.3 Å². The first-order chi connectivity index (χ1) is 13.3. The van der Waals surface area contributed by atoms with Crippen LogP contribution in [-0.2, 0) is 22.5 Å². The molecule has 4 rings (SSSR count). The molecule has 27 heavy (non-hydrogen) atoms. The van der Waals surface area contributed by atoms with Crippen LogP contribution < -0.4 is 0 Å². The predicted octanol–water partition coefficient (Wildman–Crippen LogP) is 3.20. The molecule has 2 saturated heterocycles. The van der Waals surface area contributed by atoms with Gasteiger partial charge in [-0.15, -0.1) is 11.3 Å². The molecule has 6 heteroatoms. The Hall–Kier alpha value is -1.76. The summed E-state index contributed by atoms with van der Waals surface area (Å²) in [5.41, 5.74) is 3.34. The zero-order chi connectivity index (χ0) is 18.5. The number of benzene rings is 1. The van der Waals surface area contributed by atoms with E-state index in [0.29, 0.717) is 6.42 Å². The fourth-order valence-corrected chi connectivity index (χ4v) is 4.57. The molecule has 2 aromatic rings. The fraction of sp³-hybridized carbons (Fsp3) is 0.524. The maximum absolute atomic E-state index is 12.5. The van der Waals surface area contributed by atoms with Crippen LogP contribution in [-0.4, -0.2) is 60.1 Å². The minimum atomic E-state index is 0.215. The maximum Gasteiger partial charge on any atom is 0.228 e. The van der Waals surface area contributed by atoms with Crippen molar-refractivity contribution in [3.05, 3.63) is 40.9 Å². The van der Waals surface area contributed by atoms with Crippen molar-refractivity contribution in [2.75, 3.05) is 39.4 Å². The Kier molecular flexibility index (Phi) is 6.17. The van der Waals surface area contributed by atoms with Gasteiger partial charge in [-0.1, -0.05) is 18.2 Å². The van der Waals surface area contributed by atoms with Crippen LogP contribution in [0.4, 0.5) is 0 Å². The molecule has 5 nitrogen and oxygen atoms in total. The van der Waals surface area contributed by atoms with Gasteiger partial charge in [0.15, 0.2) is 0 Å². The molecule has 1 aromatic carbocycles. The molecular formula is C21H27N3O2S. The quantitative estimate of drug-likeness (QED) is 0.793. The smallest absolute Gasteiger partial charge is 0.228 e. The average Bonchev–Trinajstić information content (AvgIpc) is 3.18. The minimum absolute atomic E-state index is 0.215. The van der Waals surface area contributed by atoms with Gasteiger partial charge >= 0.3 is 0 Å². The van der Waals surface area contributed by atoms with Crippen LogP contribution in [0.2, 0.25) is 0 Å². The van der Waals surface area contributed by atoms with Crippen molar-refractivity contribution in [3.8, 4) is 10.6 Å². The Labute approximate surface area is 165 Å². The largest absolute Gasteiger partial charge is 0.379 e. The minimum Gasteiger partial charge on any atom is -0.379 e. The Bertz CT molecular complexity index is 764. The lowest BCUT2D eigenvalue weighted by Crippen LogP contribution is -2.36. The molecule has 2 aliphatic heterocycles. The number of likely N-dealkylation sites (tertiary alicyclic amines) is 1. The highest BCUT2D eigenvalue weighted by atomic mass is 32.1. The van der Waals surface area contributed by atoms with Crippen molar-refractivity contribution in [3.63, 3.8) is 0 Å². The van der Waals surface area contributed by atoms with Crippen LogP contribution in [0, 0.1) is 0 Å². The van der Waals surface area contributed by atoms with E-state index in [1.54, 1.807) is 11.3 Å². The second-order valence-corrected chi connectivity index (χ2v) is 8.21. The van der Waals surface area contributed by atoms with Crippen molar-refractivity contribution < 1.29 is 9.53 Å². The zero-order valence-corrected chi connectivity index (χ0v) is 16.5. The van der Waals surface area contributed by atoms with Crippen molar-refractivity contribution >= 4 is 17.2 Å². The van der Waals surface area contributed by atoms with E-state index >= 15 is 0 Å². The third-order valence-electron chi connectivity index (χ3n) is 5.28. The molecular weight excluding hydrogens is 358 g/mol. The van der Waals surface area contributed by atoms with Gasteiger partial charge < -0.3 is 9.64 Å². The summed E-state index contributed by atoms with van der Waals surface area (Å²) in [6, 6.07) is 8.61. The zero-order valence-electron chi connectivity index (χ0n) is 15.7. The van der Waals surface area contributed by atoms with Gasteiger partial charge in [-0.05, 0) is 30.9 Å². The first-order valence-corrected chi connectivity index (χ1v) is 10.8. The molecule has 0 bridgehead atoms. The number of thiazole rings is 1. The number of hydrogen-bond donors (Lipinski definition) is 0. The van der Waals surface area contributed by atoms with E-state index in [4.69, 9.17) is 9.72 Å². The summed E-state index contributed by atoms with van der Waals surface area (Å²) < 4.78 is 5.43. The number of rotatable bonds is 5. The van der Waals surface area contributed by atoms with Crippen molar-refractivity contribution in [2.45, 2.75) is 32.2 Å². The summed E-state index contributed by atoms with van der Waals surface area (Å²) in [4.78, 5) is 21.6. The number of carbonyl (C=O) groups is 1. The topological polar surface area (TPSA) is 45.7 Å². The standard InChI is InChI=1S/C21H27N3O2S/c25-20(24-7-2-1-3-8-24)14-19-16-27-21(22-19)18-6-4-5-17(13-18)15-23-9-11-26-12-10-23/h4-6,13,16H,1-3,7-12,14-15H2. The second kappa shape index (κ2) is 8.95. The highest BCUT2D eigenvalue weighted by molar-refractivity contribution is 7.13. The monoisotopic (exact) mass is 385 g/mol. The summed E-state index contributed by atoms with van der Waals surface area (Å²) in [7, 11) is 0. The van der Waals surface area contributed by atoms with Gasteiger partial charge in [0.05, 0.1) is 25.3 Å². The molecule has 1 amide bonds. The molecule has 2 fully saturated rings. The van der Waals surface area contributed by atoms with Gasteiger partial charge in [0.25, 0.3) is 0 Å². The van der Waals surface area contributed by atoms with Crippen molar-refractivity contribution in [1.82, 2.24) is 14.8 Å². The van der Waals surface area contributed by atoms with Gasteiger partial charge in [-0.3, -0.25) is 9.69 Å². The Morgan fingerprint density at radius 3 is 2.74 bits per heavy atom. The molecule has 0 radical (unpaired) electrons. The number of ether oxygens (including phenoxy) is 1. The van der Waals surface area contributed by atoms with Crippen LogP contribution in [0.1, 0.15) is 30.5 Å². The summed E-state index contributed by atoms with van der Waals surface area (Å²) in [6.45, 7) is 6.37. The lowest BCUT2D eigenvalue weighted by molar-refractivity contribution is -0.131. The lowest BCUT2D eigenvalue weighted by Gasteiger charge is -2.26. The molecule has 0 unspecified atom stereocenters. The molecule has 144 valence electrons. The normalized spacial score (nSPS) is 18.6. The number of morpholine rings is 1. The van der Waals surface area contributed by atoms with E-state index < -0.39 is 0 Å². The summed E-state index contributed by atoms with van der Waals surface area (Å²) in [6.07, 6.45) is 3.92. The van der Waals surface area contributed by atoms with Gasteiger partial charge in [0.2, 0.25) is 5.91 Å². The predicted molar refractivity (Wildman–Crippen MR) is 108 cm³/mol. The highest BCUT2D eigenvalue weighted by Crippen LogP contribution is 2.25. The fourth-order valence-electron chi connectivity index (χ4n) is 3.75. The van der Waals surface area contributed by atoms with E-state index in [0.717, 1.165) is 75.0 Å². The number of nitrogens with zero attached hydrogens (tertiary/aromatic N) is 3. The van der Waals surface area contributed by atoms with E-state index in [9.17, 15) is 4.79 Å². The first-order valence-electron chi connectivity index (χ1n) is 9.89. The van der Waals surface area contributed by atoms with Crippen molar-refractivity contribution in [1.29, 1.82) is 0 Å². The van der Waals surface area contributed by atoms with E-state index in [-0.39, 0.29) is 5.91 Å². The molecule has 0 aliphatic carbocycles. The van der Waals surface area contributed by atoms with E-state index in [1.165, 1.54) is 12.0 Å².